The summed E-state index contributed by atoms with van der Waals surface area (Å²) in [4.78, 5) is 14.0. The summed E-state index contributed by atoms with van der Waals surface area (Å²) in [6, 6.07) is 5.25. The number of carboxylic acid groups (broad SMARTS) is 1. The molecule has 0 spiro atoms. The van der Waals surface area contributed by atoms with Gasteiger partial charge in [-0.25, -0.2) is 9.18 Å². The van der Waals surface area contributed by atoms with Crippen LogP contribution in [0.2, 0.25) is 0 Å². The van der Waals surface area contributed by atoms with Crippen LogP contribution >= 0.6 is 11.3 Å². The van der Waals surface area contributed by atoms with Crippen LogP contribution in [0.15, 0.2) is 18.2 Å². The lowest BCUT2D eigenvalue weighted by Gasteiger charge is -2.33. The zero-order chi connectivity index (χ0) is 15.0. The molecule has 21 heavy (non-hydrogen) atoms. The Bertz CT molecular complexity index is 682. The molecule has 1 aliphatic heterocycles. The fourth-order valence-corrected chi connectivity index (χ4v) is 4.15. The normalized spacial score (nSPS) is 20.0. The van der Waals surface area contributed by atoms with E-state index in [1.807, 2.05) is 0 Å². The second kappa shape index (κ2) is 5.73. The number of piperidine rings is 1. The zero-order valence-corrected chi connectivity index (χ0v) is 12.8. The summed E-state index contributed by atoms with van der Waals surface area (Å²) < 4.78 is 14.9. The predicted octanol–water partition coefficient (Wildman–Crippen LogP) is 4.11. The first-order valence-electron chi connectivity index (χ1n) is 7.25. The Kier molecular flexibility index (Phi) is 3.95. The highest BCUT2D eigenvalue weighted by molar-refractivity contribution is 7.21. The van der Waals surface area contributed by atoms with Gasteiger partial charge in [-0.3, -0.25) is 4.90 Å². The van der Waals surface area contributed by atoms with Crippen LogP contribution in [0, 0.1) is 5.82 Å². The highest BCUT2D eigenvalue weighted by Crippen LogP contribution is 2.35. The Labute approximate surface area is 127 Å². The van der Waals surface area contributed by atoms with E-state index in [2.05, 4.69) is 11.8 Å². The number of thiophene rings is 1. The highest BCUT2D eigenvalue weighted by Gasteiger charge is 2.25. The van der Waals surface area contributed by atoms with Gasteiger partial charge >= 0.3 is 5.97 Å². The number of nitrogens with zero attached hydrogens (tertiary/aromatic N) is 1. The minimum absolute atomic E-state index is 0.271. The maximum atomic E-state index is 14.2. The van der Waals surface area contributed by atoms with Crippen molar-refractivity contribution >= 4 is 27.4 Å². The van der Waals surface area contributed by atoms with Crippen LogP contribution in [-0.2, 0) is 6.54 Å². The van der Waals surface area contributed by atoms with Crippen LogP contribution in [-0.4, -0.2) is 28.6 Å². The first-order chi connectivity index (χ1) is 10.1. The summed E-state index contributed by atoms with van der Waals surface area (Å²) in [5.74, 6) is -1.29. The SMILES string of the molecule is CC1CCCCN1Cc1c(C(=O)O)sc2cccc(F)c12. The molecule has 2 heterocycles. The van der Waals surface area contributed by atoms with Gasteiger partial charge in [-0.15, -0.1) is 11.3 Å². The Morgan fingerprint density at radius 3 is 3.00 bits per heavy atom. The molecule has 0 aliphatic carbocycles. The zero-order valence-electron chi connectivity index (χ0n) is 11.9. The van der Waals surface area contributed by atoms with Crippen LogP contribution in [0.3, 0.4) is 0 Å². The average Bonchev–Trinajstić information content (AvgIpc) is 2.82. The Balaban J connectivity index is 2.06. The van der Waals surface area contributed by atoms with E-state index in [1.165, 1.54) is 23.8 Å². The number of fused-ring (bicyclic) bond motifs is 1. The fraction of sp³-hybridized carbons (Fsp3) is 0.438. The molecule has 0 saturated carbocycles. The van der Waals surface area contributed by atoms with Crippen molar-refractivity contribution in [2.75, 3.05) is 6.54 Å². The van der Waals surface area contributed by atoms with Gasteiger partial charge in [0, 0.05) is 28.2 Å². The van der Waals surface area contributed by atoms with Crippen molar-refractivity contribution < 1.29 is 14.3 Å². The van der Waals surface area contributed by atoms with Crippen molar-refractivity contribution in [1.82, 2.24) is 4.90 Å². The molecular formula is C16H18FNO2S. The third-order valence-corrected chi connectivity index (χ3v) is 5.44. The molecule has 1 aromatic heterocycles. The summed E-state index contributed by atoms with van der Waals surface area (Å²) in [5, 5.41) is 9.91. The lowest BCUT2D eigenvalue weighted by Crippen LogP contribution is -2.37. The number of hydrogen-bond acceptors (Lipinski definition) is 3. The molecule has 112 valence electrons. The predicted molar refractivity (Wildman–Crippen MR) is 82.5 cm³/mol. The minimum Gasteiger partial charge on any atom is -0.477 e. The fourth-order valence-electron chi connectivity index (χ4n) is 3.09. The van der Waals surface area contributed by atoms with Gasteiger partial charge in [0.2, 0.25) is 0 Å². The van der Waals surface area contributed by atoms with E-state index >= 15 is 0 Å². The van der Waals surface area contributed by atoms with E-state index in [0.717, 1.165) is 19.4 Å². The molecule has 0 bridgehead atoms. The first-order valence-corrected chi connectivity index (χ1v) is 8.07. The van der Waals surface area contributed by atoms with Gasteiger partial charge in [0.1, 0.15) is 10.7 Å². The number of likely N-dealkylation sites (tertiary alicyclic amines) is 1. The van der Waals surface area contributed by atoms with Crippen LogP contribution in [0.1, 0.15) is 41.4 Å². The maximum Gasteiger partial charge on any atom is 0.346 e. The Hall–Kier alpha value is -1.46. The quantitative estimate of drug-likeness (QED) is 0.927. The first kappa shape index (κ1) is 14.5. The third-order valence-electron chi connectivity index (χ3n) is 4.26. The van der Waals surface area contributed by atoms with Crippen molar-refractivity contribution in [3.05, 3.63) is 34.5 Å². The van der Waals surface area contributed by atoms with E-state index in [1.54, 1.807) is 12.1 Å². The molecule has 3 nitrogen and oxygen atoms in total. The van der Waals surface area contributed by atoms with Gasteiger partial charge in [-0.1, -0.05) is 12.5 Å². The number of halogens is 1. The summed E-state index contributed by atoms with van der Waals surface area (Å²) in [6.07, 6.45) is 3.45. The lowest BCUT2D eigenvalue weighted by atomic mass is 10.0. The Morgan fingerprint density at radius 1 is 1.48 bits per heavy atom. The molecule has 0 amide bonds. The molecule has 5 heteroatoms. The van der Waals surface area contributed by atoms with E-state index in [0.29, 0.717) is 28.2 Å². The molecule has 1 atom stereocenters. The number of benzene rings is 1. The summed E-state index contributed by atoms with van der Waals surface area (Å²) in [5.41, 5.74) is 0.634. The molecule has 1 aliphatic rings. The standard InChI is InChI=1S/C16H18FNO2S/c1-10-5-2-3-8-18(10)9-11-14-12(17)6-4-7-13(14)21-15(11)16(19)20/h4,6-7,10H,2-3,5,8-9H2,1H3,(H,19,20). The molecule has 1 aromatic carbocycles. The van der Waals surface area contributed by atoms with Crippen LogP contribution < -0.4 is 0 Å². The van der Waals surface area contributed by atoms with E-state index in [4.69, 9.17) is 0 Å². The number of carbonyl (C=O) groups is 1. The second-order valence-electron chi connectivity index (χ2n) is 5.64. The van der Waals surface area contributed by atoms with Crippen molar-refractivity contribution in [2.45, 2.75) is 38.8 Å². The topological polar surface area (TPSA) is 40.5 Å². The second-order valence-corrected chi connectivity index (χ2v) is 6.70. The number of hydrogen-bond donors (Lipinski definition) is 1. The largest absolute Gasteiger partial charge is 0.477 e. The van der Waals surface area contributed by atoms with Gasteiger partial charge in [-0.05, 0) is 38.4 Å². The van der Waals surface area contributed by atoms with Crippen molar-refractivity contribution in [1.29, 1.82) is 0 Å². The van der Waals surface area contributed by atoms with Crippen molar-refractivity contribution in [3.8, 4) is 0 Å². The highest BCUT2D eigenvalue weighted by atomic mass is 32.1. The summed E-state index contributed by atoms with van der Waals surface area (Å²) in [6.45, 7) is 3.63. The smallest absolute Gasteiger partial charge is 0.346 e. The van der Waals surface area contributed by atoms with E-state index in [9.17, 15) is 14.3 Å². The summed E-state index contributed by atoms with van der Waals surface area (Å²) >= 11 is 1.17. The van der Waals surface area contributed by atoms with Gasteiger partial charge < -0.3 is 5.11 Å². The number of rotatable bonds is 3. The van der Waals surface area contributed by atoms with Gasteiger partial charge in [0.25, 0.3) is 0 Å². The summed E-state index contributed by atoms with van der Waals surface area (Å²) in [7, 11) is 0. The molecular weight excluding hydrogens is 289 g/mol. The van der Waals surface area contributed by atoms with Crippen LogP contribution in [0.5, 0.6) is 0 Å². The Morgan fingerprint density at radius 2 is 2.29 bits per heavy atom. The van der Waals surface area contributed by atoms with Gasteiger partial charge in [-0.2, -0.15) is 0 Å². The average molecular weight is 307 g/mol. The molecule has 2 aromatic rings. The minimum atomic E-state index is -0.963. The molecule has 1 saturated heterocycles. The van der Waals surface area contributed by atoms with Gasteiger partial charge in [0.05, 0.1) is 0 Å². The van der Waals surface area contributed by atoms with E-state index < -0.39 is 5.97 Å². The molecule has 1 fully saturated rings. The molecule has 1 unspecified atom stereocenters. The van der Waals surface area contributed by atoms with Crippen molar-refractivity contribution in [2.24, 2.45) is 0 Å². The van der Waals surface area contributed by atoms with Crippen molar-refractivity contribution in [3.63, 3.8) is 0 Å². The lowest BCUT2D eigenvalue weighted by molar-refractivity contribution is 0.0698. The van der Waals surface area contributed by atoms with Gasteiger partial charge in [0.15, 0.2) is 0 Å². The van der Waals surface area contributed by atoms with Crippen LogP contribution in [0.4, 0.5) is 4.39 Å². The number of aromatic carboxylic acids is 1. The third kappa shape index (κ3) is 2.68. The number of carboxylic acids is 1. The molecule has 3 rings (SSSR count). The van der Waals surface area contributed by atoms with E-state index in [-0.39, 0.29) is 10.7 Å². The van der Waals surface area contributed by atoms with Crippen LogP contribution in [0.25, 0.3) is 10.1 Å². The molecule has 1 N–H and O–H groups in total. The molecule has 0 radical (unpaired) electrons. The monoisotopic (exact) mass is 307 g/mol. The maximum absolute atomic E-state index is 14.2.